The second-order valence-electron chi connectivity index (χ2n) is 5.51. The van der Waals surface area contributed by atoms with Crippen LogP contribution >= 0.6 is 0 Å². The summed E-state index contributed by atoms with van der Waals surface area (Å²) in [7, 11) is 0. The van der Waals surface area contributed by atoms with Gasteiger partial charge in [-0.1, -0.05) is 24.6 Å². The minimum Gasteiger partial charge on any atom is -0.487 e. The first kappa shape index (κ1) is 13.4. The van der Waals surface area contributed by atoms with E-state index in [4.69, 9.17) is 4.74 Å². The highest BCUT2D eigenvalue weighted by molar-refractivity contribution is 5.36. The largest absolute Gasteiger partial charge is 0.487 e. The molecule has 0 saturated heterocycles. The number of nitrogens with one attached hydrogen (secondary N) is 1. The van der Waals surface area contributed by atoms with Gasteiger partial charge in [0, 0.05) is 0 Å². The van der Waals surface area contributed by atoms with Gasteiger partial charge in [-0.3, -0.25) is 0 Å². The Balaban J connectivity index is 2.01. The zero-order valence-corrected chi connectivity index (χ0v) is 11.9. The number of hydrogen-bond donors (Lipinski definition) is 1. The first-order valence-corrected chi connectivity index (χ1v) is 7.12. The van der Waals surface area contributed by atoms with E-state index in [-0.39, 0.29) is 5.60 Å². The highest BCUT2D eigenvalue weighted by atomic mass is 16.5. The molecule has 1 N–H and O–H groups in total. The van der Waals surface area contributed by atoms with Crippen molar-refractivity contribution in [3.63, 3.8) is 0 Å². The fourth-order valence-corrected chi connectivity index (χ4v) is 2.61. The highest BCUT2D eigenvalue weighted by Crippen LogP contribution is 2.40. The molecule has 0 bridgehead atoms. The topological polar surface area (TPSA) is 21.3 Å². The summed E-state index contributed by atoms with van der Waals surface area (Å²) < 4.78 is 6.33. The average molecular weight is 247 g/mol. The van der Waals surface area contributed by atoms with Crippen LogP contribution in [0.1, 0.15) is 43.7 Å². The number of aryl methyl sites for hydroxylation is 2. The third-order valence-corrected chi connectivity index (χ3v) is 3.93. The van der Waals surface area contributed by atoms with E-state index in [0.717, 1.165) is 25.3 Å². The molecule has 1 aromatic rings. The molecule has 2 rings (SSSR count). The molecular formula is C16H25NO. The second-order valence-corrected chi connectivity index (χ2v) is 5.51. The van der Waals surface area contributed by atoms with Crippen molar-refractivity contribution in [2.24, 2.45) is 0 Å². The zero-order valence-electron chi connectivity index (χ0n) is 11.9. The predicted molar refractivity (Wildman–Crippen MR) is 76.3 cm³/mol. The molecule has 1 aliphatic rings. The number of ether oxygens (including phenoxy) is 1. The van der Waals surface area contributed by atoms with Crippen molar-refractivity contribution >= 4 is 0 Å². The molecule has 0 unspecified atom stereocenters. The van der Waals surface area contributed by atoms with Crippen LogP contribution in [-0.4, -0.2) is 18.7 Å². The molecule has 1 aromatic carbocycles. The lowest BCUT2D eigenvalue weighted by molar-refractivity contribution is -0.0146. The van der Waals surface area contributed by atoms with E-state index in [0.29, 0.717) is 0 Å². The summed E-state index contributed by atoms with van der Waals surface area (Å²) in [5.41, 5.74) is 2.65. The van der Waals surface area contributed by atoms with Gasteiger partial charge >= 0.3 is 0 Å². The number of rotatable bonds is 6. The molecule has 0 amide bonds. The molecule has 1 saturated carbocycles. The summed E-state index contributed by atoms with van der Waals surface area (Å²) in [5, 5.41) is 3.40. The fourth-order valence-electron chi connectivity index (χ4n) is 2.61. The predicted octanol–water partition coefficient (Wildman–Crippen LogP) is 3.60. The summed E-state index contributed by atoms with van der Waals surface area (Å²) in [6.45, 7) is 8.51. The van der Waals surface area contributed by atoms with Gasteiger partial charge in [-0.25, -0.2) is 0 Å². The monoisotopic (exact) mass is 247 g/mol. The van der Waals surface area contributed by atoms with E-state index in [1.165, 1.54) is 30.4 Å². The fraction of sp³-hybridized carbons (Fsp3) is 0.625. The average Bonchev–Trinajstić information content (AvgIpc) is 2.29. The standard InChI is InChI=1S/C16H25NO/c1-4-17-11-10-16(8-5-9-16)18-15-7-6-13(2)12-14(15)3/h6-7,12,17H,4-5,8-11H2,1-3H3. The first-order valence-electron chi connectivity index (χ1n) is 7.12. The second kappa shape index (κ2) is 5.75. The van der Waals surface area contributed by atoms with E-state index < -0.39 is 0 Å². The minimum atomic E-state index is 0.0994. The molecule has 0 radical (unpaired) electrons. The summed E-state index contributed by atoms with van der Waals surface area (Å²) >= 11 is 0. The van der Waals surface area contributed by atoms with Crippen LogP contribution in [-0.2, 0) is 0 Å². The quantitative estimate of drug-likeness (QED) is 0.775. The van der Waals surface area contributed by atoms with Crippen molar-refractivity contribution in [3.05, 3.63) is 29.3 Å². The lowest BCUT2D eigenvalue weighted by Gasteiger charge is -2.42. The maximum Gasteiger partial charge on any atom is 0.123 e. The van der Waals surface area contributed by atoms with E-state index in [1.54, 1.807) is 0 Å². The Morgan fingerprint density at radius 2 is 2.06 bits per heavy atom. The van der Waals surface area contributed by atoms with Crippen LogP contribution in [0.15, 0.2) is 18.2 Å². The zero-order chi connectivity index (χ0) is 13.0. The molecule has 0 aromatic heterocycles. The SMILES string of the molecule is CCNCCC1(Oc2ccc(C)cc2C)CCC1. The van der Waals surface area contributed by atoms with E-state index >= 15 is 0 Å². The van der Waals surface area contributed by atoms with Crippen molar-refractivity contribution in [2.75, 3.05) is 13.1 Å². The summed E-state index contributed by atoms with van der Waals surface area (Å²) in [5.74, 6) is 1.07. The van der Waals surface area contributed by atoms with Crippen molar-refractivity contribution in [1.82, 2.24) is 5.32 Å². The highest BCUT2D eigenvalue weighted by Gasteiger charge is 2.38. The van der Waals surface area contributed by atoms with Crippen LogP contribution in [0.3, 0.4) is 0 Å². The minimum absolute atomic E-state index is 0.0994. The first-order chi connectivity index (χ1) is 8.65. The molecule has 0 heterocycles. The third kappa shape index (κ3) is 3.05. The van der Waals surface area contributed by atoms with Crippen LogP contribution in [0.4, 0.5) is 0 Å². The van der Waals surface area contributed by atoms with Gasteiger partial charge in [-0.2, -0.15) is 0 Å². The van der Waals surface area contributed by atoms with E-state index in [9.17, 15) is 0 Å². The van der Waals surface area contributed by atoms with Gasteiger partial charge in [0.15, 0.2) is 0 Å². The Hall–Kier alpha value is -1.02. The van der Waals surface area contributed by atoms with E-state index in [2.05, 4.69) is 44.3 Å². The molecule has 0 spiro atoms. The maximum atomic E-state index is 6.33. The summed E-state index contributed by atoms with van der Waals surface area (Å²) in [4.78, 5) is 0. The lowest BCUT2D eigenvalue weighted by Crippen LogP contribution is -2.45. The summed E-state index contributed by atoms with van der Waals surface area (Å²) in [6.07, 6.45) is 4.82. The van der Waals surface area contributed by atoms with Gasteiger partial charge in [0.05, 0.1) is 0 Å². The van der Waals surface area contributed by atoms with E-state index in [1.807, 2.05) is 0 Å². The van der Waals surface area contributed by atoms with Crippen LogP contribution < -0.4 is 10.1 Å². The van der Waals surface area contributed by atoms with Crippen LogP contribution in [0.2, 0.25) is 0 Å². The Morgan fingerprint density at radius 3 is 2.61 bits per heavy atom. The number of benzene rings is 1. The van der Waals surface area contributed by atoms with Crippen LogP contribution in [0.5, 0.6) is 5.75 Å². The molecule has 0 aliphatic heterocycles. The Labute approximate surface area is 111 Å². The maximum absolute atomic E-state index is 6.33. The normalized spacial score (nSPS) is 17.3. The molecule has 0 atom stereocenters. The lowest BCUT2D eigenvalue weighted by atomic mass is 9.77. The Kier molecular flexibility index (Phi) is 4.28. The van der Waals surface area contributed by atoms with Crippen molar-refractivity contribution in [3.8, 4) is 5.75 Å². The Bertz CT molecular complexity index is 396. The van der Waals surface area contributed by atoms with Gasteiger partial charge in [0.2, 0.25) is 0 Å². The molecule has 2 heteroatoms. The number of hydrogen-bond acceptors (Lipinski definition) is 2. The van der Waals surface area contributed by atoms with Gasteiger partial charge in [-0.15, -0.1) is 0 Å². The van der Waals surface area contributed by atoms with Crippen LogP contribution in [0.25, 0.3) is 0 Å². The molecular weight excluding hydrogens is 222 g/mol. The van der Waals surface area contributed by atoms with Crippen molar-refractivity contribution in [2.45, 2.75) is 52.1 Å². The molecule has 1 fully saturated rings. The van der Waals surface area contributed by atoms with Gasteiger partial charge in [-0.05, 0) is 64.3 Å². The van der Waals surface area contributed by atoms with Crippen LogP contribution in [0, 0.1) is 13.8 Å². The smallest absolute Gasteiger partial charge is 0.123 e. The molecule has 100 valence electrons. The molecule has 2 nitrogen and oxygen atoms in total. The molecule has 18 heavy (non-hydrogen) atoms. The van der Waals surface area contributed by atoms with Gasteiger partial charge < -0.3 is 10.1 Å². The van der Waals surface area contributed by atoms with Crippen molar-refractivity contribution in [1.29, 1.82) is 0 Å². The molecule has 1 aliphatic carbocycles. The van der Waals surface area contributed by atoms with Gasteiger partial charge in [0.1, 0.15) is 11.4 Å². The summed E-state index contributed by atoms with van der Waals surface area (Å²) in [6, 6.07) is 6.46. The Morgan fingerprint density at radius 1 is 1.28 bits per heavy atom. The third-order valence-electron chi connectivity index (χ3n) is 3.93. The van der Waals surface area contributed by atoms with Gasteiger partial charge in [0.25, 0.3) is 0 Å². The van der Waals surface area contributed by atoms with Crippen molar-refractivity contribution < 1.29 is 4.74 Å².